The summed E-state index contributed by atoms with van der Waals surface area (Å²) in [6.07, 6.45) is 1.26. The molecule has 2 aromatic rings. The van der Waals surface area contributed by atoms with Gasteiger partial charge in [0.05, 0.1) is 10.7 Å². The molecule has 0 aliphatic carbocycles. The first-order valence-electron chi connectivity index (χ1n) is 5.89. The highest BCUT2D eigenvalue weighted by Crippen LogP contribution is 2.40. The van der Waals surface area contributed by atoms with Gasteiger partial charge in [-0.3, -0.25) is 4.79 Å². The van der Waals surface area contributed by atoms with Gasteiger partial charge in [-0.2, -0.15) is 5.10 Å². The van der Waals surface area contributed by atoms with Crippen LogP contribution in [-0.2, 0) is 0 Å². The molecule has 0 aliphatic rings. The van der Waals surface area contributed by atoms with Gasteiger partial charge in [0.2, 0.25) is 0 Å². The maximum atomic E-state index is 11.8. The first-order chi connectivity index (χ1) is 10.4. The number of nitrogens with zero attached hydrogens (tertiary/aromatic N) is 1. The number of aromatic hydroxyl groups is 2. The van der Waals surface area contributed by atoms with E-state index in [1.807, 2.05) is 0 Å². The molecule has 0 heterocycles. The van der Waals surface area contributed by atoms with Crippen molar-refractivity contribution in [2.24, 2.45) is 5.10 Å². The van der Waals surface area contributed by atoms with E-state index in [-0.39, 0.29) is 16.0 Å². The predicted molar refractivity (Wildman–Crippen MR) is 91.7 cm³/mol. The quantitative estimate of drug-likeness (QED) is 0.490. The fourth-order valence-electron chi connectivity index (χ4n) is 1.54. The largest absolute Gasteiger partial charge is 0.506 e. The SMILES string of the molecule is O=C(N/N=C/c1cc(Br)c(O)c(Br)c1O)c1ccc(Cl)cc1. The number of halogens is 3. The van der Waals surface area contributed by atoms with Gasteiger partial charge in [0.1, 0.15) is 16.0 Å². The van der Waals surface area contributed by atoms with Crippen molar-refractivity contribution in [3.8, 4) is 11.5 Å². The van der Waals surface area contributed by atoms with E-state index in [9.17, 15) is 15.0 Å². The van der Waals surface area contributed by atoms with Crippen molar-refractivity contribution in [3.63, 3.8) is 0 Å². The fourth-order valence-corrected chi connectivity index (χ4v) is 2.82. The standard InChI is InChI=1S/C14H9Br2ClN2O3/c15-10-5-8(12(20)11(16)13(10)21)6-18-19-14(22)7-1-3-9(17)4-2-7/h1-6,20-21H,(H,19,22)/b18-6+. The van der Waals surface area contributed by atoms with E-state index in [2.05, 4.69) is 42.4 Å². The Morgan fingerprint density at radius 3 is 2.45 bits per heavy atom. The Hall–Kier alpha value is -1.57. The molecule has 0 saturated carbocycles. The molecule has 2 aromatic carbocycles. The highest BCUT2D eigenvalue weighted by Gasteiger charge is 2.12. The zero-order valence-electron chi connectivity index (χ0n) is 10.8. The Labute approximate surface area is 147 Å². The van der Waals surface area contributed by atoms with E-state index in [4.69, 9.17) is 11.6 Å². The normalized spacial score (nSPS) is 10.9. The Morgan fingerprint density at radius 1 is 1.18 bits per heavy atom. The smallest absolute Gasteiger partial charge is 0.271 e. The molecular formula is C14H9Br2ClN2O3. The van der Waals surface area contributed by atoms with Gasteiger partial charge in [0.15, 0.2) is 0 Å². The Kier molecular flexibility index (Phi) is 5.44. The average Bonchev–Trinajstić information content (AvgIpc) is 2.50. The van der Waals surface area contributed by atoms with Crippen LogP contribution in [0.2, 0.25) is 5.02 Å². The van der Waals surface area contributed by atoms with Crippen LogP contribution in [0.3, 0.4) is 0 Å². The molecule has 0 aromatic heterocycles. The van der Waals surface area contributed by atoms with Gasteiger partial charge in [-0.15, -0.1) is 0 Å². The second kappa shape index (κ2) is 7.13. The van der Waals surface area contributed by atoms with E-state index in [0.29, 0.717) is 20.6 Å². The molecule has 22 heavy (non-hydrogen) atoms. The summed E-state index contributed by atoms with van der Waals surface area (Å²) in [7, 11) is 0. The molecule has 0 spiro atoms. The topological polar surface area (TPSA) is 81.9 Å². The highest BCUT2D eigenvalue weighted by atomic mass is 79.9. The molecule has 3 N–H and O–H groups in total. The van der Waals surface area contributed by atoms with E-state index in [1.54, 1.807) is 24.3 Å². The van der Waals surface area contributed by atoms with Crippen LogP contribution in [0.15, 0.2) is 44.4 Å². The third kappa shape index (κ3) is 3.79. The molecule has 1 amide bonds. The van der Waals surface area contributed by atoms with Crippen LogP contribution < -0.4 is 5.43 Å². The number of hydrazone groups is 1. The minimum absolute atomic E-state index is 0.125. The summed E-state index contributed by atoms with van der Waals surface area (Å²) in [5.74, 6) is -0.727. The molecule has 0 radical (unpaired) electrons. The number of carbonyl (C=O) groups is 1. The van der Waals surface area contributed by atoms with Crippen LogP contribution in [0.4, 0.5) is 0 Å². The van der Waals surface area contributed by atoms with Crippen LogP contribution in [0.1, 0.15) is 15.9 Å². The molecule has 114 valence electrons. The number of phenols is 2. The van der Waals surface area contributed by atoms with Gasteiger partial charge in [0, 0.05) is 16.1 Å². The number of carbonyl (C=O) groups excluding carboxylic acids is 1. The molecule has 5 nitrogen and oxygen atoms in total. The summed E-state index contributed by atoms with van der Waals surface area (Å²) in [5, 5.41) is 23.8. The van der Waals surface area contributed by atoms with Crippen LogP contribution >= 0.6 is 43.5 Å². The third-order valence-electron chi connectivity index (χ3n) is 2.67. The van der Waals surface area contributed by atoms with Crippen molar-refractivity contribution in [3.05, 3.63) is 55.4 Å². The van der Waals surface area contributed by atoms with E-state index in [0.717, 1.165) is 0 Å². The monoisotopic (exact) mass is 446 g/mol. The number of benzene rings is 2. The molecule has 0 unspecified atom stereocenters. The van der Waals surface area contributed by atoms with Crippen LogP contribution in [0.5, 0.6) is 11.5 Å². The number of phenolic OH excluding ortho intramolecular Hbond substituents is 2. The van der Waals surface area contributed by atoms with Crippen LogP contribution in [0.25, 0.3) is 0 Å². The first-order valence-corrected chi connectivity index (χ1v) is 7.85. The van der Waals surface area contributed by atoms with Crippen molar-refractivity contribution < 1.29 is 15.0 Å². The second-order valence-corrected chi connectivity index (χ2v) is 6.25. The molecule has 2 rings (SSSR count). The van der Waals surface area contributed by atoms with E-state index >= 15 is 0 Å². The number of amides is 1. The lowest BCUT2D eigenvalue weighted by atomic mass is 10.2. The molecule has 0 bridgehead atoms. The maximum absolute atomic E-state index is 11.8. The highest BCUT2D eigenvalue weighted by molar-refractivity contribution is 9.11. The summed E-state index contributed by atoms with van der Waals surface area (Å²) in [5.41, 5.74) is 3.05. The number of hydrogen-bond acceptors (Lipinski definition) is 4. The summed E-state index contributed by atoms with van der Waals surface area (Å²) in [4.78, 5) is 11.8. The van der Waals surface area contributed by atoms with Crippen molar-refractivity contribution >= 4 is 55.6 Å². The lowest BCUT2D eigenvalue weighted by Crippen LogP contribution is -2.17. The Morgan fingerprint density at radius 2 is 1.82 bits per heavy atom. The van der Waals surface area contributed by atoms with Crippen molar-refractivity contribution in [2.45, 2.75) is 0 Å². The summed E-state index contributed by atoms with van der Waals surface area (Å²) < 4.78 is 0.509. The number of rotatable bonds is 3. The molecule has 0 aliphatic heterocycles. The van der Waals surface area contributed by atoms with E-state index < -0.39 is 5.91 Å². The summed E-state index contributed by atoms with van der Waals surface area (Å²) in [6.45, 7) is 0. The lowest BCUT2D eigenvalue weighted by molar-refractivity contribution is 0.0955. The van der Waals surface area contributed by atoms with Crippen LogP contribution in [-0.4, -0.2) is 22.3 Å². The van der Waals surface area contributed by atoms with Crippen molar-refractivity contribution in [1.29, 1.82) is 0 Å². The van der Waals surface area contributed by atoms with Gasteiger partial charge in [-0.1, -0.05) is 11.6 Å². The maximum Gasteiger partial charge on any atom is 0.271 e. The van der Waals surface area contributed by atoms with Gasteiger partial charge in [-0.05, 0) is 62.2 Å². The minimum atomic E-state index is -0.413. The molecule has 0 atom stereocenters. The molecule has 8 heteroatoms. The average molecular weight is 448 g/mol. The second-order valence-electron chi connectivity index (χ2n) is 4.16. The van der Waals surface area contributed by atoms with Crippen molar-refractivity contribution in [1.82, 2.24) is 5.43 Å². The third-order valence-corrected chi connectivity index (χ3v) is 4.28. The zero-order valence-corrected chi connectivity index (χ0v) is 14.8. The minimum Gasteiger partial charge on any atom is -0.506 e. The van der Waals surface area contributed by atoms with E-state index in [1.165, 1.54) is 12.3 Å². The zero-order chi connectivity index (χ0) is 16.3. The number of nitrogens with one attached hydrogen (secondary N) is 1. The van der Waals surface area contributed by atoms with Crippen molar-refractivity contribution in [2.75, 3.05) is 0 Å². The predicted octanol–water partition coefficient (Wildman–Crippen LogP) is 4.04. The van der Waals surface area contributed by atoms with Gasteiger partial charge in [0.25, 0.3) is 5.91 Å². The number of hydrogen-bond donors (Lipinski definition) is 3. The molecule has 0 saturated heterocycles. The van der Waals surface area contributed by atoms with Gasteiger partial charge < -0.3 is 10.2 Å². The summed E-state index contributed by atoms with van der Waals surface area (Å²) in [6, 6.07) is 7.80. The van der Waals surface area contributed by atoms with Gasteiger partial charge >= 0.3 is 0 Å². The van der Waals surface area contributed by atoms with Gasteiger partial charge in [-0.25, -0.2) is 5.43 Å². The Balaban J connectivity index is 2.13. The fraction of sp³-hybridized carbons (Fsp3) is 0. The van der Waals surface area contributed by atoms with Crippen LogP contribution in [0, 0.1) is 0 Å². The summed E-state index contributed by atoms with van der Waals surface area (Å²) >= 11 is 11.9. The first kappa shape index (κ1) is 16.8. The lowest BCUT2D eigenvalue weighted by Gasteiger charge is -2.06. The Bertz CT molecular complexity index is 749. The molecular weight excluding hydrogens is 439 g/mol. The molecule has 0 fully saturated rings.